The van der Waals surface area contributed by atoms with E-state index in [2.05, 4.69) is 10.6 Å². The molecule has 2 N–H and O–H groups in total. The van der Waals surface area contributed by atoms with E-state index in [1.54, 1.807) is 20.8 Å². The van der Waals surface area contributed by atoms with Gasteiger partial charge in [-0.15, -0.1) is 0 Å². The first kappa shape index (κ1) is 33.0. The Hall–Kier alpha value is -3.88. The van der Waals surface area contributed by atoms with Crippen LogP contribution in [0.5, 0.6) is 0 Å². The fourth-order valence-electron chi connectivity index (χ4n) is 6.10. The van der Waals surface area contributed by atoms with Gasteiger partial charge in [-0.1, -0.05) is 73.5 Å². The molecule has 4 rings (SSSR count). The van der Waals surface area contributed by atoms with Crippen molar-refractivity contribution in [2.75, 3.05) is 0 Å². The molecule has 0 bridgehead atoms. The number of esters is 2. The number of ether oxygens (including phenoxy) is 3. The van der Waals surface area contributed by atoms with Gasteiger partial charge in [-0.2, -0.15) is 0 Å². The summed E-state index contributed by atoms with van der Waals surface area (Å²) in [4.78, 5) is 52.6. The van der Waals surface area contributed by atoms with Gasteiger partial charge in [0.1, 0.15) is 24.9 Å². The standard InChI is InChI=1S/C35H46N2O7/c1-34(2,3)44-33(41)37-29(31(39)43-24-26-14-8-5-9-15-26)22-35(20-10-11-21-35)32(40)36-28-18-16-27(17-19-28)30(38)42-23-25-12-6-4-7-13-25/h4-9,12-15,27-29H,10-11,16-24H2,1-3H3,(H,36,40)(H,37,41). The summed E-state index contributed by atoms with van der Waals surface area (Å²) in [6.45, 7) is 5.56. The van der Waals surface area contributed by atoms with E-state index >= 15 is 0 Å². The van der Waals surface area contributed by atoms with Crippen LogP contribution in [0.2, 0.25) is 0 Å². The lowest BCUT2D eigenvalue weighted by molar-refractivity contribution is -0.151. The third-order valence-electron chi connectivity index (χ3n) is 8.46. The molecule has 238 valence electrons. The highest BCUT2D eigenvalue weighted by molar-refractivity contribution is 5.86. The average molecular weight is 607 g/mol. The maximum Gasteiger partial charge on any atom is 0.408 e. The van der Waals surface area contributed by atoms with Gasteiger partial charge in [-0.25, -0.2) is 9.59 Å². The second kappa shape index (κ2) is 15.2. The molecule has 44 heavy (non-hydrogen) atoms. The van der Waals surface area contributed by atoms with Crippen molar-refractivity contribution in [3.05, 3.63) is 71.8 Å². The average Bonchev–Trinajstić information content (AvgIpc) is 3.49. The van der Waals surface area contributed by atoms with E-state index in [4.69, 9.17) is 14.2 Å². The summed E-state index contributed by atoms with van der Waals surface area (Å²) >= 11 is 0. The molecule has 2 amide bonds. The van der Waals surface area contributed by atoms with Crippen molar-refractivity contribution in [1.82, 2.24) is 10.6 Å². The third-order valence-corrected chi connectivity index (χ3v) is 8.46. The van der Waals surface area contributed by atoms with E-state index in [1.165, 1.54) is 0 Å². The predicted molar refractivity (Wildman–Crippen MR) is 165 cm³/mol. The molecule has 0 aromatic heterocycles. The lowest BCUT2D eigenvalue weighted by atomic mass is 9.78. The molecule has 9 nitrogen and oxygen atoms in total. The van der Waals surface area contributed by atoms with Gasteiger partial charge in [0.05, 0.1) is 11.3 Å². The molecule has 2 fully saturated rings. The smallest absolute Gasteiger partial charge is 0.408 e. The quantitative estimate of drug-likeness (QED) is 0.238. The number of carbonyl (C=O) groups is 4. The Morgan fingerprint density at radius 2 is 1.36 bits per heavy atom. The van der Waals surface area contributed by atoms with E-state index in [9.17, 15) is 19.2 Å². The zero-order valence-corrected chi connectivity index (χ0v) is 26.1. The van der Waals surface area contributed by atoms with E-state index in [0.717, 1.165) is 24.0 Å². The summed E-state index contributed by atoms with van der Waals surface area (Å²) in [5, 5.41) is 5.92. The summed E-state index contributed by atoms with van der Waals surface area (Å²) in [5.74, 6) is -1.10. The Bertz CT molecular complexity index is 1240. The number of carbonyl (C=O) groups excluding carboxylic acids is 4. The molecule has 1 atom stereocenters. The summed E-state index contributed by atoms with van der Waals surface area (Å²) < 4.78 is 16.6. The Balaban J connectivity index is 1.36. The molecule has 2 aliphatic rings. The number of rotatable bonds is 11. The first-order valence-corrected chi connectivity index (χ1v) is 15.7. The van der Waals surface area contributed by atoms with Crippen LogP contribution in [0.15, 0.2) is 60.7 Å². The van der Waals surface area contributed by atoms with Gasteiger partial charge in [0.2, 0.25) is 5.91 Å². The molecular weight excluding hydrogens is 560 g/mol. The Labute approximate surface area is 260 Å². The highest BCUT2D eigenvalue weighted by Crippen LogP contribution is 2.43. The molecule has 0 spiro atoms. The van der Waals surface area contributed by atoms with Crippen molar-refractivity contribution in [1.29, 1.82) is 0 Å². The fraction of sp³-hybridized carbons (Fsp3) is 0.543. The van der Waals surface area contributed by atoms with E-state index in [0.29, 0.717) is 38.5 Å². The maximum absolute atomic E-state index is 13.9. The molecule has 9 heteroatoms. The summed E-state index contributed by atoms with van der Waals surface area (Å²) in [6.07, 6.45) is 4.93. The van der Waals surface area contributed by atoms with Gasteiger partial charge in [-0.05, 0) is 76.8 Å². The molecule has 2 aromatic carbocycles. The number of hydrogen-bond donors (Lipinski definition) is 2. The van der Waals surface area contributed by atoms with Crippen LogP contribution in [0.25, 0.3) is 0 Å². The Morgan fingerprint density at radius 1 is 0.818 bits per heavy atom. The highest BCUT2D eigenvalue weighted by Gasteiger charge is 2.46. The third kappa shape index (κ3) is 9.82. The summed E-state index contributed by atoms with van der Waals surface area (Å²) in [5.41, 5.74) is 0.200. The fourth-order valence-corrected chi connectivity index (χ4v) is 6.10. The Kier molecular flexibility index (Phi) is 11.4. The first-order valence-electron chi connectivity index (χ1n) is 15.7. The van der Waals surface area contributed by atoms with Gasteiger partial charge in [0.15, 0.2) is 0 Å². The number of nitrogens with one attached hydrogen (secondary N) is 2. The molecular formula is C35H46N2O7. The SMILES string of the molecule is CC(C)(C)OC(=O)NC(CC1(C(=O)NC2CCC(C(=O)OCc3ccccc3)CC2)CCCC1)C(=O)OCc1ccccc1. The maximum atomic E-state index is 13.9. The van der Waals surface area contributed by atoms with Crippen molar-refractivity contribution in [3.8, 4) is 0 Å². The minimum atomic E-state index is -1.05. The number of benzene rings is 2. The molecule has 2 aliphatic carbocycles. The second-order valence-electron chi connectivity index (χ2n) is 13.1. The van der Waals surface area contributed by atoms with E-state index in [-0.39, 0.29) is 43.5 Å². The number of alkyl carbamates (subject to hydrolysis) is 1. The van der Waals surface area contributed by atoms with Crippen molar-refractivity contribution in [2.45, 2.75) is 109 Å². The van der Waals surface area contributed by atoms with Crippen molar-refractivity contribution in [2.24, 2.45) is 11.3 Å². The molecule has 0 saturated heterocycles. The molecule has 0 radical (unpaired) electrons. The van der Waals surface area contributed by atoms with Crippen LogP contribution >= 0.6 is 0 Å². The molecule has 1 unspecified atom stereocenters. The number of hydrogen-bond acceptors (Lipinski definition) is 7. The van der Waals surface area contributed by atoms with E-state index in [1.807, 2.05) is 60.7 Å². The van der Waals surface area contributed by atoms with E-state index < -0.39 is 29.1 Å². The van der Waals surface area contributed by atoms with Gasteiger partial charge in [-0.3, -0.25) is 9.59 Å². The molecule has 0 heterocycles. The second-order valence-corrected chi connectivity index (χ2v) is 13.1. The minimum Gasteiger partial charge on any atom is -0.461 e. The highest BCUT2D eigenvalue weighted by atomic mass is 16.6. The molecule has 2 aromatic rings. The Morgan fingerprint density at radius 3 is 1.91 bits per heavy atom. The van der Waals surface area contributed by atoms with Crippen LogP contribution in [-0.2, 0) is 41.8 Å². The van der Waals surface area contributed by atoms with Crippen molar-refractivity contribution < 1.29 is 33.4 Å². The largest absolute Gasteiger partial charge is 0.461 e. The molecule has 0 aliphatic heterocycles. The molecule has 2 saturated carbocycles. The van der Waals surface area contributed by atoms with Crippen LogP contribution in [0.3, 0.4) is 0 Å². The predicted octanol–water partition coefficient (Wildman–Crippen LogP) is 5.99. The zero-order valence-electron chi connectivity index (χ0n) is 26.1. The van der Waals surface area contributed by atoms with Crippen molar-refractivity contribution in [3.63, 3.8) is 0 Å². The monoisotopic (exact) mass is 606 g/mol. The van der Waals surface area contributed by atoms with Gasteiger partial charge in [0, 0.05) is 6.04 Å². The van der Waals surface area contributed by atoms with Crippen LogP contribution < -0.4 is 10.6 Å². The summed E-state index contributed by atoms with van der Waals surface area (Å²) in [7, 11) is 0. The van der Waals surface area contributed by atoms with Crippen molar-refractivity contribution >= 4 is 23.9 Å². The van der Waals surface area contributed by atoms with Gasteiger partial charge < -0.3 is 24.8 Å². The minimum absolute atomic E-state index is 0.0579. The number of amides is 2. The van der Waals surface area contributed by atoms with Crippen LogP contribution in [0.1, 0.15) is 89.7 Å². The van der Waals surface area contributed by atoms with Gasteiger partial charge >= 0.3 is 18.0 Å². The van der Waals surface area contributed by atoms with Crippen LogP contribution in [0.4, 0.5) is 4.79 Å². The first-order chi connectivity index (χ1) is 21.0. The van der Waals surface area contributed by atoms with Crippen LogP contribution in [0, 0.1) is 11.3 Å². The zero-order chi connectivity index (χ0) is 31.6. The van der Waals surface area contributed by atoms with Crippen LogP contribution in [-0.4, -0.2) is 41.6 Å². The summed E-state index contributed by atoms with van der Waals surface area (Å²) in [6, 6.07) is 17.8. The lowest BCUT2D eigenvalue weighted by Crippen LogP contribution is -2.52. The van der Waals surface area contributed by atoms with Gasteiger partial charge in [0.25, 0.3) is 0 Å². The topological polar surface area (TPSA) is 120 Å². The lowest BCUT2D eigenvalue weighted by Gasteiger charge is -2.35. The normalized spacial score (nSPS) is 20.2.